The zero-order valence-electron chi connectivity index (χ0n) is 54.8. The third kappa shape index (κ3) is 21.7. The molecule has 0 aliphatic rings. The number of hydrogen-bond acceptors (Lipinski definition) is 7. The molecule has 0 amide bonds. The third-order valence-electron chi connectivity index (χ3n) is 15.5. The number of alkyl halides is 12. The van der Waals surface area contributed by atoms with Gasteiger partial charge in [0.1, 0.15) is 0 Å². The van der Waals surface area contributed by atoms with Gasteiger partial charge in [0, 0.05) is 103 Å². The Morgan fingerprint density at radius 3 is 0.629 bits per heavy atom. The monoisotopic (exact) mass is 1630 g/mol. The largest absolute Gasteiger partial charge is 0.504 e. The third-order valence-corrected chi connectivity index (χ3v) is 24.9. The summed E-state index contributed by atoms with van der Waals surface area (Å²) in [5, 5.41) is 15.7. The van der Waals surface area contributed by atoms with Crippen LogP contribution in [0.4, 0.5) is 52.7 Å². The Labute approximate surface area is 638 Å². The van der Waals surface area contributed by atoms with Gasteiger partial charge in [-0.2, -0.15) is 52.7 Å². The number of allylic oxidation sites excluding steroid dienone is 2. The van der Waals surface area contributed by atoms with Crippen LogP contribution in [0.3, 0.4) is 0 Å². The summed E-state index contributed by atoms with van der Waals surface area (Å²) in [6, 6.07) is 113. The van der Waals surface area contributed by atoms with Crippen LogP contribution in [-0.2, 0) is 28.1 Å². The first kappa shape index (κ1) is 82.9. The number of aliphatic hydroxyl groups is 1. The first-order valence-corrected chi connectivity index (χ1v) is 36.5. The Bertz CT molecular complexity index is 4390. The molecule has 0 fully saturated rings. The summed E-state index contributed by atoms with van der Waals surface area (Å²) >= 11 is 0. The van der Waals surface area contributed by atoms with Crippen molar-refractivity contribution in [3.05, 3.63) is 358 Å². The molecule has 0 saturated carbocycles. The summed E-state index contributed by atoms with van der Waals surface area (Å²) in [5.41, 5.74) is 6.29. The van der Waals surface area contributed by atoms with E-state index in [-0.39, 0.29) is 49.4 Å². The van der Waals surface area contributed by atoms with Gasteiger partial charge in [-0.15, -0.1) is 0 Å². The van der Waals surface area contributed by atoms with Crippen molar-refractivity contribution < 1.29 is 135 Å². The molecule has 0 aliphatic heterocycles. The Morgan fingerprint density at radius 1 is 0.267 bits per heavy atom. The van der Waals surface area contributed by atoms with Crippen LogP contribution in [0.25, 0.3) is 33.4 Å². The van der Waals surface area contributed by atoms with Gasteiger partial charge in [-0.1, -0.05) is 346 Å². The van der Waals surface area contributed by atoms with Crippen LogP contribution in [0.15, 0.2) is 358 Å². The molecule has 0 heterocycles. The fourth-order valence-electron chi connectivity index (χ4n) is 10.6. The van der Waals surface area contributed by atoms with Crippen molar-refractivity contribution in [2.24, 2.45) is 0 Å². The van der Waals surface area contributed by atoms with E-state index in [9.17, 15) is 80.8 Å². The molecule has 105 heavy (non-hydrogen) atoms. The van der Waals surface area contributed by atoms with E-state index in [4.69, 9.17) is 5.11 Å². The first-order valence-electron chi connectivity index (χ1n) is 31.4. The number of halogens is 12. The molecule has 12 rings (SSSR count). The smallest absolute Gasteiger partial charge is 0.454 e. The molecule has 12 aromatic rings. The summed E-state index contributed by atoms with van der Waals surface area (Å²) in [6.07, 6.45) is -24.7. The van der Waals surface area contributed by atoms with Crippen LogP contribution in [0.2, 0.25) is 0 Å². The number of carbonyl (C=O) groups is 3. The van der Waals surface area contributed by atoms with Gasteiger partial charge in [0.05, 0.1) is 6.42 Å². The van der Waals surface area contributed by atoms with Crippen LogP contribution < -0.4 is 47.7 Å². The SMILES string of the molecule is O=C(C=C(O)C(F)(F)F)C(F)(F)F.O=C(CC(=O)C(F)(F)F)C(F)(F)F.O=P(c1ccccc1)(c1ccccc1)c1ccccc1-c1ccccc1.O=P(c1ccccc1)(c1ccccc1)c1ccccc1-c1ccccc1.O=P(c1ccccc1)(c1ccccc1)c1ccccc1-c1ccccc1.[Eu]. The van der Waals surface area contributed by atoms with E-state index in [1.165, 1.54) is 0 Å². The fraction of sp³-hybridized carbons (Fsp3) is 0.0610. The molecule has 1 N–H and O–H groups in total. The van der Waals surface area contributed by atoms with Gasteiger partial charge in [-0.25, -0.2) is 0 Å². The number of ketones is 3. The topological polar surface area (TPSA) is 123 Å². The average molecular weight is 1630 g/mol. The molecule has 0 spiro atoms. The minimum absolute atomic E-state index is 0. The molecule has 0 unspecified atom stereocenters. The van der Waals surface area contributed by atoms with Crippen molar-refractivity contribution >= 4 is 86.5 Å². The number of hydrogen-bond donors (Lipinski definition) is 1. The summed E-state index contributed by atoms with van der Waals surface area (Å²) in [7, 11) is -8.94. The summed E-state index contributed by atoms with van der Waals surface area (Å²) in [6.45, 7) is 0. The maximum absolute atomic E-state index is 14.6. The van der Waals surface area contributed by atoms with E-state index in [0.717, 1.165) is 81.1 Å². The van der Waals surface area contributed by atoms with Crippen molar-refractivity contribution in [2.75, 3.05) is 0 Å². The predicted octanol–water partition coefficient (Wildman–Crippen LogP) is 18.7. The van der Waals surface area contributed by atoms with E-state index in [0.29, 0.717) is 0 Å². The second-order valence-electron chi connectivity index (χ2n) is 22.4. The Kier molecular flexibility index (Phi) is 29.6. The van der Waals surface area contributed by atoms with E-state index in [1.54, 1.807) is 0 Å². The van der Waals surface area contributed by atoms with Crippen LogP contribution in [0.1, 0.15) is 6.42 Å². The number of carbonyl (C=O) groups excluding carboxylic acids is 3. The quantitative estimate of drug-likeness (QED) is 0.0356. The van der Waals surface area contributed by atoms with Crippen molar-refractivity contribution in [3.63, 3.8) is 0 Å². The van der Waals surface area contributed by atoms with Crippen molar-refractivity contribution in [1.82, 2.24) is 0 Å². The van der Waals surface area contributed by atoms with Crippen molar-refractivity contribution in [1.29, 1.82) is 0 Å². The van der Waals surface area contributed by atoms with Gasteiger partial charge in [0.2, 0.25) is 17.3 Å². The predicted molar refractivity (Wildman–Crippen MR) is 388 cm³/mol. The van der Waals surface area contributed by atoms with E-state index in [2.05, 4.69) is 54.6 Å². The minimum Gasteiger partial charge on any atom is -0.504 e. The molecule has 12 aromatic carbocycles. The van der Waals surface area contributed by atoms with Gasteiger partial charge < -0.3 is 18.8 Å². The molecule has 537 valence electrons. The summed E-state index contributed by atoms with van der Waals surface area (Å²) in [4.78, 5) is 29.6. The zero-order chi connectivity index (χ0) is 75.2. The second-order valence-corrected chi connectivity index (χ2v) is 30.6. The normalized spacial score (nSPS) is 11.7. The van der Waals surface area contributed by atoms with E-state index >= 15 is 0 Å². The van der Waals surface area contributed by atoms with Gasteiger partial charge in [-0.3, -0.25) is 14.4 Å². The number of aliphatic hydroxyl groups excluding tert-OH is 1. The number of Topliss-reactive ketones (excluding diaryl/α,β-unsaturated/α-hetero) is 2. The van der Waals surface area contributed by atoms with Crippen molar-refractivity contribution in [2.45, 2.75) is 31.1 Å². The average Bonchev–Trinajstić information content (AvgIpc) is 0.766. The molecule has 0 saturated heterocycles. The summed E-state index contributed by atoms with van der Waals surface area (Å²) < 4.78 is 180. The van der Waals surface area contributed by atoms with Crippen LogP contribution in [0.5, 0.6) is 0 Å². The molecule has 7 nitrogen and oxygen atoms in total. The van der Waals surface area contributed by atoms with E-state index < -0.39 is 81.7 Å². The molecule has 0 aliphatic carbocycles. The van der Waals surface area contributed by atoms with Crippen molar-refractivity contribution in [3.8, 4) is 33.4 Å². The fourth-order valence-corrected chi connectivity index (χ4v) is 19.2. The molecule has 0 bridgehead atoms. The zero-order valence-corrected chi connectivity index (χ0v) is 60.0. The van der Waals surface area contributed by atoms with Crippen LogP contribution in [-0.4, -0.2) is 47.2 Å². The maximum atomic E-state index is 14.6. The minimum atomic E-state index is -5.42. The number of rotatable bonds is 15. The molecule has 23 heteroatoms. The molecule has 0 aromatic heterocycles. The molecular weight excluding hydrogens is 1570 g/mol. The van der Waals surface area contributed by atoms with Gasteiger partial charge in [0.15, 0.2) is 21.4 Å². The first-order chi connectivity index (χ1) is 49.5. The van der Waals surface area contributed by atoms with Gasteiger partial charge >= 0.3 is 24.7 Å². The maximum Gasteiger partial charge on any atom is 0.454 e. The summed E-state index contributed by atoms with van der Waals surface area (Å²) in [5.74, 6) is -10.7. The Hall–Kier alpha value is -9.38. The van der Waals surface area contributed by atoms with E-state index in [1.807, 2.05) is 291 Å². The van der Waals surface area contributed by atoms with Crippen LogP contribution in [0, 0.1) is 49.4 Å². The van der Waals surface area contributed by atoms with Crippen LogP contribution >= 0.6 is 21.4 Å². The number of benzene rings is 12. The molecular formula is C82H61EuF12O7P3. The second kappa shape index (κ2) is 37.5. The Morgan fingerprint density at radius 2 is 0.448 bits per heavy atom. The standard InChI is InChI=1S/3C24H19OP.2C5H2F6O2.Eu/c3*25-26(21-14-6-2-7-15-21,22-16-8-3-9-17-22)24-19-11-10-18-23(24)20-12-4-1-5-13-20;2*6-4(7,8)2(12)1-3(13)5(9,10)11;/h3*1-19H;1H2;1,12H;. The molecule has 0 atom stereocenters. The van der Waals surface area contributed by atoms with Gasteiger partial charge in [0.25, 0.3) is 5.78 Å². The Balaban J connectivity index is 0.000000189. The van der Waals surface area contributed by atoms with Gasteiger partial charge in [-0.05, 0) is 33.4 Å². The molecule has 1 radical (unpaired) electrons.